The minimum absolute atomic E-state index is 0.325. The third kappa shape index (κ3) is 8.60. The Morgan fingerprint density at radius 1 is 1.23 bits per heavy atom. The van der Waals surface area contributed by atoms with E-state index in [2.05, 4.69) is 23.8 Å². The summed E-state index contributed by atoms with van der Waals surface area (Å²) in [4.78, 5) is 10.6. The van der Waals surface area contributed by atoms with Gasteiger partial charge in [-0.15, -0.1) is 0 Å². The van der Waals surface area contributed by atoms with E-state index in [1.54, 1.807) is 6.08 Å². The molecule has 0 aliphatic carbocycles. The largest absolute Gasteiger partial charge is 0.466 e. The standard InChI is InChI=1S/C11H16O2/c1-3-4-5-6-7-8-9-10-11(12)13-2/h4-5,7-10H,3,6H2,1-2H3/b5-4-,8-7+,10-9+. The van der Waals surface area contributed by atoms with Gasteiger partial charge in [0.2, 0.25) is 0 Å². The van der Waals surface area contributed by atoms with Gasteiger partial charge in [-0.1, -0.05) is 37.3 Å². The lowest BCUT2D eigenvalue weighted by Gasteiger charge is -1.86. The van der Waals surface area contributed by atoms with Crippen LogP contribution in [0.4, 0.5) is 0 Å². The molecule has 0 aromatic heterocycles. The molecule has 2 heteroatoms. The molecule has 0 radical (unpaired) electrons. The highest BCUT2D eigenvalue weighted by Crippen LogP contribution is 1.89. The Morgan fingerprint density at radius 3 is 2.62 bits per heavy atom. The fourth-order valence-corrected chi connectivity index (χ4v) is 0.701. The molecule has 0 heterocycles. The van der Waals surface area contributed by atoms with E-state index in [9.17, 15) is 4.79 Å². The third-order valence-corrected chi connectivity index (χ3v) is 1.36. The van der Waals surface area contributed by atoms with Crippen molar-refractivity contribution in [1.82, 2.24) is 0 Å². The highest BCUT2D eigenvalue weighted by molar-refractivity contribution is 5.82. The summed E-state index contributed by atoms with van der Waals surface area (Å²) in [5.74, 6) is -0.325. The van der Waals surface area contributed by atoms with Crippen LogP contribution in [0.15, 0.2) is 36.5 Å². The minimum Gasteiger partial charge on any atom is -0.466 e. The lowest BCUT2D eigenvalue weighted by Crippen LogP contribution is -1.92. The van der Waals surface area contributed by atoms with Crippen molar-refractivity contribution in [2.45, 2.75) is 19.8 Å². The lowest BCUT2D eigenvalue weighted by atomic mass is 10.3. The van der Waals surface area contributed by atoms with Crippen molar-refractivity contribution >= 4 is 5.97 Å². The van der Waals surface area contributed by atoms with Crippen LogP contribution in [0, 0.1) is 0 Å². The number of hydrogen-bond acceptors (Lipinski definition) is 2. The Hall–Kier alpha value is -1.31. The number of carbonyl (C=O) groups excluding carboxylic acids is 1. The average molecular weight is 180 g/mol. The van der Waals surface area contributed by atoms with Gasteiger partial charge in [-0.2, -0.15) is 0 Å². The Morgan fingerprint density at radius 2 is 2.00 bits per heavy atom. The molecule has 0 amide bonds. The Balaban J connectivity index is 3.57. The molecule has 0 fully saturated rings. The van der Waals surface area contributed by atoms with Crippen LogP contribution in [-0.4, -0.2) is 13.1 Å². The zero-order chi connectivity index (χ0) is 9.94. The topological polar surface area (TPSA) is 26.3 Å². The normalized spacial score (nSPS) is 11.8. The van der Waals surface area contributed by atoms with E-state index in [1.807, 2.05) is 12.2 Å². The van der Waals surface area contributed by atoms with Crippen LogP contribution >= 0.6 is 0 Å². The zero-order valence-corrected chi connectivity index (χ0v) is 8.19. The third-order valence-electron chi connectivity index (χ3n) is 1.36. The van der Waals surface area contributed by atoms with E-state index in [0.29, 0.717) is 0 Å². The maximum absolute atomic E-state index is 10.6. The van der Waals surface area contributed by atoms with E-state index in [1.165, 1.54) is 13.2 Å². The highest BCUT2D eigenvalue weighted by atomic mass is 16.5. The summed E-state index contributed by atoms with van der Waals surface area (Å²) in [7, 11) is 1.36. The summed E-state index contributed by atoms with van der Waals surface area (Å²) in [6.45, 7) is 2.09. The molecule has 2 nitrogen and oxygen atoms in total. The van der Waals surface area contributed by atoms with E-state index in [0.717, 1.165) is 12.8 Å². The molecule has 0 aromatic carbocycles. The fourth-order valence-electron chi connectivity index (χ4n) is 0.701. The number of rotatable bonds is 5. The SMILES string of the molecule is CC/C=C\C/C=C/C=C/C(=O)OC. The molecule has 0 unspecified atom stereocenters. The molecule has 0 bridgehead atoms. The minimum atomic E-state index is -0.325. The summed E-state index contributed by atoms with van der Waals surface area (Å²) >= 11 is 0. The second-order valence-corrected chi connectivity index (χ2v) is 2.43. The van der Waals surface area contributed by atoms with E-state index < -0.39 is 0 Å². The molecule has 0 aliphatic heterocycles. The highest BCUT2D eigenvalue weighted by Gasteiger charge is 1.85. The van der Waals surface area contributed by atoms with Gasteiger partial charge in [0.25, 0.3) is 0 Å². The van der Waals surface area contributed by atoms with Crippen molar-refractivity contribution in [3.8, 4) is 0 Å². The van der Waals surface area contributed by atoms with Crippen molar-refractivity contribution in [1.29, 1.82) is 0 Å². The van der Waals surface area contributed by atoms with Crippen LogP contribution in [0.5, 0.6) is 0 Å². The summed E-state index contributed by atoms with van der Waals surface area (Å²) in [6, 6.07) is 0. The molecule has 0 saturated heterocycles. The lowest BCUT2D eigenvalue weighted by molar-refractivity contribution is -0.134. The van der Waals surface area contributed by atoms with Gasteiger partial charge >= 0.3 is 5.97 Å². The van der Waals surface area contributed by atoms with Gasteiger partial charge in [-0.3, -0.25) is 0 Å². The monoisotopic (exact) mass is 180 g/mol. The molecule has 0 aliphatic rings. The Labute approximate surface area is 79.6 Å². The van der Waals surface area contributed by atoms with E-state index in [-0.39, 0.29) is 5.97 Å². The Kier molecular flexibility index (Phi) is 7.90. The van der Waals surface area contributed by atoms with Gasteiger partial charge in [0.15, 0.2) is 0 Å². The van der Waals surface area contributed by atoms with Gasteiger partial charge in [-0.25, -0.2) is 4.79 Å². The molecule has 0 atom stereocenters. The number of ether oxygens (including phenoxy) is 1. The van der Waals surface area contributed by atoms with Crippen molar-refractivity contribution in [3.63, 3.8) is 0 Å². The first-order valence-electron chi connectivity index (χ1n) is 4.37. The maximum Gasteiger partial charge on any atom is 0.330 e. The van der Waals surface area contributed by atoms with Gasteiger partial charge in [0, 0.05) is 6.08 Å². The summed E-state index contributed by atoms with van der Waals surface area (Å²) in [6.07, 6.45) is 13.0. The number of allylic oxidation sites excluding steroid dienone is 5. The molecular weight excluding hydrogens is 164 g/mol. The summed E-state index contributed by atoms with van der Waals surface area (Å²) in [5, 5.41) is 0. The predicted octanol–water partition coefficient (Wildman–Crippen LogP) is 2.63. The van der Waals surface area contributed by atoms with E-state index in [4.69, 9.17) is 0 Å². The first kappa shape index (κ1) is 11.7. The molecule has 0 saturated carbocycles. The van der Waals surface area contributed by atoms with Crippen LogP contribution in [0.2, 0.25) is 0 Å². The average Bonchev–Trinajstić information content (AvgIpc) is 2.16. The van der Waals surface area contributed by atoms with Crippen molar-refractivity contribution in [2.24, 2.45) is 0 Å². The molecule has 0 N–H and O–H groups in total. The first-order valence-corrected chi connectivity index (χ1v) is 4.37. The number of hydrogen-bond donors (Lipinski definition) is 0. The quantitative estimate of drug-likeness (QED) is 0.281. The number of esters is 1. The van der Waals surface area contributed by atoms with Crippen LogP contribution < -0.4 is 0 Å². The van der Waals surface area contributed by atoms with Crippen molar-refractivity contribution in [3.05, 3.63) is 36.5 Å². The Bertz CT molecular complexity index is 212. The zero-order valence-electron chi connectivity index (χ0n) is 8.19. The van der Waals surface area contributed by atoms with Crippen LogP contribution in [0.25, 0.3) is 0 Å². The van der Waals surface area contributed by atoms with Crippen LogP contribution in [-0.2, 0) is 9.53 Å². The van der Waals surface area contributed by atoms with Crippen molar-refractivity contribution < 1.29 is 9.53 Å². The van der Waals surface area contributed by atoms with Crippen molar-refractivity contribution in [2.75, 3.05) is 7.11 Å². The molecule has 0 spiro atoms. The van der Waals surface area contributed by atoms with Gasteiger partial charge in [0.1, 0.15) is 0 Å². The predicted molar refractivity (Wildman–Crippen MR) is 54.3 cm³/mol. The maximum atomic E-state index is 10.6. The second kappa shape index (κ2) is 8.78. The number of carbonyl (C=O) groups is 1. The first-order chi connectivity index (χ1) is 6.31. The van der Waals surface area contributed by atoms with Gasteiger partial charge in [-0.05, 0) is 12.8 Å². The smallest absolute Gasteiger partial charge is 0.330 e. The van der Waals surface area contributed by atoms with Crippen LogP contribution in [0.1, 0.15) is 19.8 Å². The van der Waals surface area contributed by atoms with Gasteiger partial charge in [0.05, 0.1) is 7.11 Å². The molecule has 72 valence electrons. The number of methoxy groups -OCH3 is 1. The second-order valence-electron chi connectivity index (χ2n) is 2.43. The molecule has 0 aromatic rings. The molecule has 13 heavy (non-hydrogen) atoms. The van der Waals surface area contributed by atoms with E-state index >= 15 is 0 Å². The van der Waals surface area contributed by atoms with Gasteiger partial charge < -0.3 is 4.74 Å². The molecule has 0 rings (SSSR count). The molecular formula is C11H16O2. The summed E-state index contributed by atoms with van der Waals surface area (Å²) in [5.41, 5.74) is 0. The summed E-state index contributed by atoms with van der Waals surface area (Å²) < 4.78 is 4.42. The van der Waals surface area contributed by atoms with Crippen LogP contribution in [0.3, 0.4) is 0 Å². The fraction of sp³-hybridized carbons (Fsp3) is 0.364.